The Bertz CT molecular complexity index is 971. The van der Waals surface area contributed by atoms with Crippen LogP contribution in [0.4, 0.5) is 5.82 Å². The van der Waals surface area contributed by atoms with Crippen LogP contribution in [0.2, 0.25) is 10.0 Å². The Balaban J connectivity index is 1.90. The first-order chi connectivity index (χ1) is 12.0. The Hall–Kier alpha value is -2.44. The summed E-state index contributed by atoms with van der Waals surface area (Å²) < 4.78 is 1.55. The Morgan fingerprint density at radius 2 is 2.00 bits per heavy atom. The minimum atomic E-state index is -0.203. The van der Waals surface area contributed by atoms with Gasteiger partial charge in [-0.25, -0.2) is 9.97 Å². The van der Waals surface area contributed by atoms with Gasteiger partial charge in [-0.05, 0) is 30.7 Å². The maximum atomic E-state index is 12.3. The second-order valence-corrected chi connectivity index (χ2v) is 6.62. The number of fused-ring (bicyclic) bond motifs is 1. The second kappa shape index (κ2) is 6.13. The number of anilines is 1. The number of nitrogens with one attached hydrogen (secondary N) is 1. The van der Waals surface area contributed by atoms with Crippen LogP contribution in [0.15, 0.2) is 36.7 Å². The van der Waals surface area contributed by atoms with Crippen LogP contribution in [0.1, 0.15) is 29.2 Å². The van der Waals surface area contributed by atoms with E-state index in [4.69, 9.17) is 23.2 Å². The number of aromatic nitrogens is 4. The van der Waals surface area contributed by atoms with E-state index in [2.05, 4.69) is 20.4 Å². The van der Waals surface area contributed by atoms with Crippen LogP contribution in [0, 0.1) is 6.92 Å². The molecule has 1 aromatic carbocycles. The normalized spacial score (nSPS) is 16.4. The third-order valence-corrected chi connectivity index (χ3v) is 4.74. The molecule has 0 saturated heterocycles. The zero-order valence-corrected chi connectivity index (χ0v) is 14.7. The van der Waals surface area contributed by atoms with Gasteiger partial charge in [0.25, 0.3) is 5.95 Å². The number of hydrogen-bond acceptors (Lipinski definition) is 4. The number of amides is 1. The number of hydrogen-bond donors (Lipinski definition) is 1. The molecule has 6 nitrogen and oxygen atoms in total. The summed E-state index contributed by atoms with van der Waals surface area (Å²) in [5.41, 5.74) is 2.55. The number of benzene rings is 1. The van der Waals surface area contributed by atoms with Crippen molar-refractivity contribution in [1.29, 1.82) is 0 Å². The Labute approximate surface area is 153 Å². The van der Waals surface area contributed by atoms with Crippen LogP contribution in [0.25, 0.3) is 5.95 Å². The SMILES string of the molecule is Cc1nn(-c2ncccn2)c2c1C(c1ccc(Cl)cc1Cl)CC(=O)N2. The lowest BCUT2D eigenvalue weighted by Gasteiger charge is -2.25. The molecular formula is C17H13Cl2N5O. The van der Waals surface area contributed by atoms with Crippen LogP contribution in [0.5, 0.6) is 0 Å². The first kappa shape index (κ1) is 16.1. The van der Waals surface area contributed by atoms with Crippen LogP contribution in [-0.2, 0) is 4.79 Å². The van der Waals surface area contributed by atoms with Crippen molar-refractivity contribution < 1.29 is 4.79 Å². The molecule has 2 aromatic heterocycles. The first-order valence-electron chi connectivity index (χ1n) is 7.66. The minimum absolute atomic E-state index is 0.111. The van der Waals surface area contributed by atoms with Crippen LogP contribution in [0.3, 0.4) is 0 Å². The zero-order chi connectivity index (χ0) is 17.6. The molecule has 1 unspecified atom stereocenters. The minimum Gasteiger partial charge on any atom is -0.310 e. The molecule has 0 bridgehead atoms. The van der Waals surface area contributed by atoms with Gasteiger partial charge >= 0.3 is 0 Å². The fourth-order valence-electron chi connectivity index (χ4n) is 3.14. The topological polar surface area (TPSA) is 72.7 Å². The summed E-state index contributed by atoms with van der Waals surface area (Å²) in [5.74, 6) is 0.664. The smallest absolute Gasteiger partial charge is 0.252 e. The van der Waals surface area contributed by atoms with Crippen molar-refractivity contribution >= 4 is 34.9 Å². The molecule has 0 radical (unpaired) electrons. The largest absolute Gasteiger partial charge is 0.310 e. The maximum Gasteiger partial charge on any atom is 0.252 e. The summed E-state index contributed by atoms with van der Waals surface area (Å²) in [6, 6.07) is 7.04. The van der Waals surface area contributed by atoms with Gasteiger partial charge in [-0.15, -0.1) is 0 Å². The second-order valence-electron chi connectivity index (χ2n) is 5.78. The molecule has 126 valence electrons. The van der Waals surface area contributed by atoms with E-state index in [1.807, 2.05) is 13.0 Å². The first-order valence-corrected chi connectivity index (χ1v) is 8.42. The van der Waals surface area contributed by atoms with Crippen molar-refractivity contribution in [2.45, 2.75) is 19.3 Å². The predicted octanol–water partition coefficient (Wildman–Crippen LogP) is 3.75. The van der Waals surface area contributed by atoms with Gasteiger partial charge < -0.3 is 5.32 Å². The predicted molar refractivity (Wildman–Crippen MR) is 95.4 cm³/mol. The summed E-state index contributed by atoms with van der Waals surface area (Å²) in [4.78, 5) is 20.8. The van der Waals surface area contributed by atoms with Gasteiger partial charge in [0.15, 0.2) is 0 Å². The summed E-state index contributed by atoms with van der Waals surface area (Å²) >= 11 is 12.4. The fraction of sp³-hybridized carbons (Fsp3) is 0.176. The van der Waals surface area contributed by atoms with Gasteiger partial charge in [0, 0.05) is 40.3 Å². The highest BCUT2D eigenvalue weighted by Crippen LogP contribution is 2.42. The molecule has 8 heteroatoms. The maximum absolute atomic E-state index is 12.3. The number of aryl methyl sites for hydroxylation is 1. The fourth-order valence-corrected chi connectivity index (χ4v) is 3.68. The summed E-state index contributed by atoms with van der Waals surface area (Å²) in [6.45, 7) is 1.90. The standard InChI is InChI=1S/C17H13Cl2N5O/c1-9-15-12(11-4-3-10(18)7-13(11)19)8-14(25)22-16(15)24(23-9)17-20-5-2-6-21-17/h2-7,12H,8H2,1H3,(H,22,25). The van der Waals surface area contributed by atoms with E-state index in [-0.39, 0.29) is 18.2 Å². The number of nitrogens with zero attached hydrogens (tertiary/aromatic N) is 4. The van der Waals surface area contributed by atoms with Crippen molar-refractivity contribution in [3.63, 3.8) is 0 Å². The third-order valence-electron chi connectivity index (χ3n) is 4.18. The van der Waals surface area contributed by atoms with Crippen LogP contribution < -0.4 is 5.32 Å². The van der Waals surface area contributed by atoms with Crippen LogP contribution >= 0.6 is 23.2 Å². The number of halogens is 2. The number of rotatable bonds is 2. The van der Waals surface area contributed by atoms with E-state index < -0.39 is 0 Å². The lowest BCUT2D eigenvalue weighted by Crippen LogP contribution is -2.25. The highest BCUT2D eigenvalue weighted by atomic mass is 35.5. The van der Waals surface area contributed by atoms with Crippen molar-refractivity contribution in [3.05, 3.63) is 63.5 Å². The summed E-state index contributed by atoms with van der Waals surface area (Å²) in [5, 5.41) is 8.50. The van der Waals surface area contributed by atoms with Crippen LogP contribution in [-0.4, -0.2) is 25.7 Å². The Kier molecular flexibility index (Phi) is 3.94. The highest BCUT2D eigenvalue weighted by Gasteiger charge is 2.34. The molecular weight excluding hydrogens is 361 g/mol. The van der Waals surface area contributed by atoms with E-state index in [1.165, 1.54) is 0 Å². The lowest BCUT2D eigenvalue weighted by atomic mass is 9.86. The molecule has 1 aliphatic heterocycles. The average molecular weight is 374 g/mol. The van der Waals surface area contributed by atoms with Crippen molar-refractivity contribution in [2.75, 3.05) is 5.32 Å². The van der Waals surface area contributed by atoms with Gasteiger partial charge in [-0.1, -0.05) is 29.3 Å². The molecule has 25 heavy (non-hydrogen) atoms. The van der Waals surface area contributed by atoms with E-state index in [9.17, 15) is 4.79 Å². The monoisotopic (exact) mass is 373 g/mol. The quantitative estimate of drug-likeness (QED) is 0.742. The van der Waals surface area contributed by atoms with Gasteiger partial charge in [0.1, 0.15) is 5.82 Å². The third kappa shape index (κ3) is 2.77. The molecule has 3 heterocycles. The number of carbonyl (C=O) groups is 1. The zero-order valence-electron chi connectivity index (χ0n) is 13.2. The van der Waals surface area contributed by atoms with Gasteiger partial charge in [0.05, 0.1) is 5.69 Å². The van der Waals surface area contributed by atoms with Crippen molar-refractivity contribution in [3.8, 4) is 5.95 Å². The molecule has 4 rings (SSSR count). The molecule has 0 spiro atoms. The Morgan fingerprint density at radius 3 is 2.72 bits per heavy atom. The lowest BCUT2D eigenvalue weighted by molar-refractivity contribution is -0.116. The molecule has 3 aromatic rings. The van der Waals surface area contributed by atoms with E-state index in [1.54, 1.807) is 35.3 Å². The molecule has 0 aliphatic carbocycles. The summed E-state index contributed by atoms with van der Waals surface area (Å²) in [7, 11) is 0. The molecule has 1 N–H and O–H groups in total. The van der Waals surface area contributed by atoms with Gasteiger partial charge in [0.2, 0.25) is 5.91 Å². The van der Waals surface area contributed by atoms with Gasteiger partial charge in [-0.2, -0.15) is 9.78 Å². The summed E-state index contributed by atoms with van der Waals surface area (Å²) in [6.07, 6.45) is 3.55. The molecule has 0 saturated carbocycles. The molecule has 0 fully saturated rings. The average Bonchev–Trinajstić information content (AvgIpc) is 2.92. The van der Waals surface area contributed by atoms with E-state index in [0.717, 1.165) is 16.8 Å². The van der Waals surface area contributed by atoms with Gasteiger partial charge in [-0.3, -0.25) is 4.79 Å². The highest BCUT2D eigenvalue weighted by molar-refractivity contribution is 6.35. The van der Waals surface area contributed by atoms with Crippen molar-refractivity contribution in [2.24, 2.45) is 0 Å². The number of carbonyl (C=O) groups excluding carboxylic acids is 1. The molecule has 1 aliphatic rings. The van der Waals surface area contributed by atoms with Crippen molar-refractivity contribution in [1.82, 2.24) is 19.7 Å². The molecule has 1 atom stereocenters. The van der Waals surface area contributed by atoms with E-state index in [0.29, 0.717) is 21.8 Å². The molecule has 1 amide bonds. The Morgan fingerprint density at radius 1 is 1.24 bits per heavy atom. The van der Waals surface area contributed by atoms with E-state index >= 15 is 0 Å².